The van der Waals surface area contributed by atoms with Crippen molar-refractivity contribution in [2.45, 2.75) is 13.8 Å². The SMILES string of the molecule is Cc1cccc(-c2cnc(C)c(-c3nnc(-c4ccccc4)o3)n2)c1.[HH]. The maximum atomic E-state index is 5.83. The zero-order valence-corrected chi connectivity index (χ0v) is 14.0. The largest absolute Gasteiger partial charge is 0.415 e. The fourth-order valence-corrected chi connectivity index (χ4v) is 2.61. The molecule has 4 rings (SSSR count). The lowest BCUT2D eigenvalue weighted by atomic mass is 10.1. The molecule has 5 nitrogen and oxygen atoms in total. The molecule has 0 amide bonds. The van der Waals surface area contributed by atoms with Crippen LogP contribution in [0.3, 0.4) is 0 Å². The Balaban J connectivity index is 0.00000196. The van der Waals surface area contributed by atoms with Gasteiger partial charge < -0.3 is 4.42 Å². The number of rotatable bonds is 3. The molecule has 0 saturated heterocycles. The first-order valence-corrected chi connectivity index (χ1v) is 8.01. The Kier molecular flexibility index (Phi) is 3.82. The van der Waals surface area contributed by atoms with E-state index in [9.17, 15) is 0 Å². The molecule has 0 atom stereocenters. The minimum atomic E-state index is 0. The van der Waals surface area contributed by atoms with Crippen LogP contribution in [0.2, 0.25) is 0 Å². The lowest BCUT2D eigenvalue weighted by molar-refractivity contribution is 0.581. The van der Waals surface area contributed by atoms with Crippen LogP contribution in [-0.2, 0) is 0 Å². The molecule has 5 heteroatoms. The molecule has 2 aromatic heterocycles. The van der Waals surface area contributed by atoms with Gasteiger partial charge in [-0.05, 0) is 32.0 Å². The van der Waals surface area contributed by atoms with Gasteiger partial charge in [0.2, 0.25) is 5.89 Å². The highest BCUT2D eigenvalue weighted by atomic mass is 16.4. The van der Waals surface area contributed by atoms with Crippen LogP contribution < -0.4 is 0 Å². The van der Waals surface area contributed by atoms with Gasteiger partial charge in [-0.25, -0.2) is 4.98 Å². The lowest BCUT2D eigenvalue weighted by Gasteiger charge is -2.05. The molecular formula is C20H18N4O. The summed E-state index contributed by atoms with van der Waals surface area (Å²) in [6.45, 7) is 3.94. The second kappa shape index (κ2) is 6.28. The minimum Gasteiger partial charge on any atom is -0.415 e. The molecule has 0 unspecified atom stereocenters. The zero-order chi connectivity index (χ0) is 17.2. The van der Waals surface area contributed by atoms with Crippen molar-refractivity contribution in [2.24, 2.45) is 0 Å². The van der Waals surface area contributed by atoms with Crippen molar-refractivity contribution in [1.29, 1.82) is 0 Å². The predicted octanol–water partition coefficient (Wildman–Crippen LogP) is 4.72. The van der Waals surface area contributed by atoms with Crippen LogP contribution in [0, 0.1) is 13.8 Å². The first kappa shape index (κ1) is 15.2. The maximum Gasteiger partial charge on any atom is 0.268 e. The number of benzene rings is 2. The maximum absolute atomic E-state index is 5.83. The summed E-state index contributed by atoms with van der Waals surface area (Å²) in [6.07, 6.45) is 1.77. The van der Waals surface area contributed by atoms with Gasteiger partial charge >= 0.3 is 0 Å². The molecule has 0 N–H and O–H groups in total. The lowest BCUT2D eigenvalue weighted by Crippen LogP contribution is -1.95. The third-order valence-corrected chi connectivity index (χ3v) is 3.92. The van der Waals surface area contributed by atoms with Gasteiger partial charge in [0.05, 0.1) is 17.6 Å². The van der Waals surface area contributed by atoms with Crippen molar-refractivity contribution in [1.82, 2.24) is 20.2 Å². The summed E-state index contributed by atoms with van der Waals surface area (Å²) in [5, 5.41) is 8.29. The van der Waals surface area contributed by atoms with E-state index in [1.165, 1.54) is 5.56 Å². The fourth-order valence-electron chi connectivity index (χ4n) is 2.61. The molecule has 0 fully saturated rings. The molecule has 0 spiro atoms. The summed E-state index contributed by atoms with van der Waals surface area (Å²) >= 11 is 0. The number of aromatic nitrogens is 4. The van der Waals surface area contributed by atoms with Crippen LogP contribution in [-0.4, -0.2) is 20.2 Å². The average Bonchev–Trinajstić information content (AvgIpc) is 3.13. The van der Waals surface area contributed by atoms with Crippen molar-refractivity contribution in [2.75, 3.05) is 0 Å². The molecule has 0 aliphatic rings. The van der Waals surface area contributed by atoms with E-state index in [2.05, 4.69) is 34.2 Å². The predicted molar refractivity (Wildman–Crippen MR) is 97.8 cm³/mol. The number of hydrogen-bond acceptors (Lipinski definition) is 5. The van der Waals surface area contributed by atoms with Crippen LogP contribution >= 0.6 is 0 Å². The summed E-state index contributed by atoms with van der Waals surface area (Å²) < 4.78 is 5.83. The summed E-state index contributed by atoms with van der Waals surface area (Å²) in [7, 11) is 0. The van der Waals surface area contributed by atoms with Gasteiger partial charge in [-0.15, -0.1) is 10.2 Å². The van der Waals surface area contributed by atoms with Crippen LogP contribution in [0.5, 0.6) is 0 Å². The van der Waals surface area contributed by atoms with Crippen molar-refractivity contribution < 1.29 is 5.84 Å². The highest BCUT2D eigenvalue weighted by Gasteiger charge is 2.16. The Bertz CT molecular complexity index is 1030. The molecule has 0 bridgehead atoms. The van der Waals surface area contributed by atoms with E-state index in [0.29, 0.717) is 17.5 Å². The summed E-state index contributed by atoms with van der Waals surface area (Å²) in [6, 6.07) is 17.8. The molecule has 25 heavy (non-hydrogen) atoms. The highest BCUT2D eigenvalue weighted by Crippen LogP contribution is 2.26. The van der Waals surface area contributed by atoms with Crippen molar-refractivity contribution in [3.8, 4) is 34.3 Å². The van der Waals surface area contributed by atoms with Gasteiger partial charge in [-0.2, -0.15) is 0 Å². The fraction of sp³-hybridized carbons (Fsp3) is 0.100. The van der Waals surface area contributed by atoms with Gasteiger partial charge in [0.15, 0.2) is 0 Å². The number of aryl methyl sites for hydroxylation is 2. The standard InChI is InChI=1S/C20H16N4O.H2/c1-13-7-6-10-16(11-13)17-12-21-14(2)18(22-17)20-24-23-19(25-20)15-8-4-3-5-9-15;/h3-12H,1-2H3;1H. The summed E-state index contributed by atoms with van der Waals surface area (Å²) in [5.74, 6) is 0.844. The first-order chi connectivity index (χ1) is 12.2. The average molecular weight is 330 g/mol. The van der Waals surface area contributed by atoms with Gasteiger partial charge in [0.1, 0.15) is 5.69 Å². The van der Waals surface area contributed by atoms with E-state index >= 15 is 0 Å². The molecule has 124 valence electrons. The number of nitrogens with zero attached hydrogens (tertiary/aromatic N) is 4. The topological polar surface area (TPSA) is 64.7 Å². The summed E-state index contributed by atoms with van der Waals surface area (Å²) in [4.78, 5) is 9.16. The van der Waals surface area contributed by atoms with Crippen molar-refractivity contribution >= 4 is 0 Å². The van der Waals surface area contributed by atoms with Gasteiger partial charge in [0, 0.05) is 12.6 Å². The second-order valence-corrected chi connectivity index (χ2v) is 5.84. The van der Waals surface area contributed by atoms with Gasteiger partial charge in [-0.3, -0.25) is 4.98 Å². The molecular weight excluding hydrogens is 312 g/mol. The Morgan fingerprint density at radius 1 is 0.840 bits per heavy atom. The second-order valence-electron chi connectivity index (χ2n) is 5.84. The van der Waals surface area contributed by atoms with Crippen LogP contribution in [0.1, 0.15) is 12.7 Å². The molecule has 2 heterocycles. The Hall–Kier alpha value is -3.34. The molecule has 0 aliphatic carbocycles. The minimum absolute atomic E-state index is 0. The normalized spacial score (nSPS) is 10.8. The number of hydrogen-bond donors (Lipinski definition) is 0. The molecule has 0 aliphatic heterocycles. The Morgan fingerprint density at radius 3 is 2.40 bits per heavy atom. The highest BCUT2D eigenvalue weighted by molar-refractivity contribution is 5.63. The van der Waals surface area contributed by atoms with E-state index in [0.717, 1.165) is 22.5 Å². The van der Waals surface area contributed by atoms with Crippen LogP contribution in [0.15, 0.2) is 65.2 Å². The van der Waals surface area contributed by atoms with Crippen molar-refractivity contribution in [3.05, 3.63) is 72.1 Å². The van der Waals surface area contributed by atoms with Gasteiger partial charge in [0.25, 0.3) is 5.89 Å². The molecule has 4 aromatic rings. The van der Waals surface area contributed by atoms with Crippen LogP contribution in [0.4, 0.5) is 0 Å². The zero-order valence-electron chi connectivity index (χ0n) is 14.0. The summed E-state index contributed by atoms with van der Waals surface area (Å²) in [5.41, 5.74) is 5.20. The van der Waals surface area contributed by atoms with E-state index < -0.39 is 0 Å². The molecule has 0 radical (unpaired) electrons. The molecule has 0 saturated carbocycles. The van der Waals surface area contributed by atoms with E-state index in [4.69, 9.17) is 9.40 Å². The third-order valence-electron chi connectivity index (χ3n) is 3.92. The Labute approximate surface area is 146 Å². The monoisotopic (exact) mass is 330 g/mol. The van der Waals surface area contributed by atoms with E-state index in [1.807, 2.05) is 49.4 Å². The first-order valence-electron chi connectivity index (χ1n) is 8.01. The Morgan fingerprint density at radius 2 is 1.60 bits per heavy atom. The van der Waals surface area contributed by atoms with Crippen LogP contribution in [0.25, 0.3) is 34.3 Å². The molecule has 2 aromatic carbocycles. The third kappa shape index (κ3) is 3.04. The quantitative estimate of drug-likeness (QED) is 0.543. The van der Waals surface area contributed by atoms with Gasteiger partial charge in [-0.1, -0.05) is 42.0 Å². The van der Waals surface area contributed by atoms with E-state index in [1.54, 1.807) is 6.20 Å². The smallest absolute Gasteiger partial charge is 0.268 e. The van der Waals surface area contributed by atoms with E-state index in [-0.39, 0.29) is 1.43 Å². The van der Waals surface area contributed by atoms with Crippen molar-refractivity contribution in [3.63, 3.8) is 0 Å².